The second-order valence-electron chi connectivity index (χ2n) is 4.33. The molecule has 98 valence electrons. The number of rotatable bonds is 3. The molecule has 1 heterocycles. The lowest BCUT2D eigenvalue weighted by atomic mass is 9.99. The van der Waals surface area contributed by atoms with Gasteiger partial charge in [0.25, 0.3) is 0 Å². The summed E-state index contributed by atoms with van der Waals surface area (Å²) in [4.78, 5) is 11.1. The van der Waals surface area contributed by atoms with Crippen LogP contribution in [0.15, 0.2) is 35.2 Å². The van der Waals surface area contributed by atoms with Gasteiger partial charge in [-0.15, -0.1) is 0 Å². The molecule has 0 amide bonds. The minimum Gasteiger partial charge on any atom is -0.481 e. The second kappa shape index (κ2) is 5.07. The average molecular weight is 269 g/mol. The number of piperidine rings is 1. The van der Waals surface area contributed by atoms with Crippen LogP contribution in [0.2, 0.25) is 0 Å². The van der Waals surface area contributed by atoms with E-state index in [4.69, 9.17) is 5.11 Å². The first-order valence-corrected chi connectivity index (χ1v) is 7.24. The number of hydrogen-bond acceptors (Lipinski definition) is 3. The molecular formula is C12H15NO4S. The molecule has 18 heavy (non-hydrogen) atoms. The number of hydrogen-bond donors (Lipinski definition) is 1. The Morgan fingerprint density at radius 2 is 1.72 bits per heavy atom. The van der Waals surface area contributed by atoms with E-state index in [0.717, 1.165) is 0 Å². The highest BCUT2D eigenvalue weighted by Crippen LogP contribution is 2.23. The first kappa shape index (κ1) is 13.0. The van der Waals surface area contributed by atoms with Gasteiger partial charge in [-0.2, -0.15) is 4.31 Å². The van der Waals surface area contributed by atoms with Gasteiger partial charge in [0.05, 0.1) is 10.8 Å². The molecule has 1 aliphatic rings. The lowest BCUT2D eigenvalue weighted by Gasteiger charge is -2.29. The molecule has 1 aliphatic heterocycles. The van der Waals surface area contributed by atoms with E-state index < -0.39 is 21.9 Å². The van der Waals surface area contributed by atoms with E-state index in [0.29, 0.717) is 12.8 Å². The maximum absolute atomic E-state index is 12.2. The van der Waals surface area contributed by atoms with Crippen molar-refractivity contribution >= 4 is 16.0 Å². The predicted octanol–water partition coefficient (Wildman–Crippen LogP) is 1.17. The lowest BCUT2D eigenvalue weighted by molar-refractivity contribution is -0.142. The molecule has 0 spiro atoms. The molecule has 1 aromatic rings. The molecule has 0 atom stereocenters. The second-order valence-corrected chi connectivity index (χ2v) is 6.27. The van der Waals surface area contributed by atoms with Crippen molar-refractivity contribution in [2.75, 3.05) is 13.1 Å². The van der Waals surface area contributed by atoms with Gasteiger partial charge in [-0.1, -0.05) is 18.2 Å². The zero-order valence-corrected chi connectivity index (χ0v) is 10.6. The first-order valence-electron chi connectivity index (χ1n) is 5.80. The summed E-state index contributed by atoms with van der Waals surface area (Å²) >= 11 is 0. The third kappa shape index (κ3) is 2.54. The molecule has 0 unspecified atom stereocenters. The zero-order chi connectivity index (χ0) is 13.2. The molecule has 6 heteroatoms. The summed E-state index contributed by atoms with van der Waals surface area (Å²) in [6, 6.07) is 8.22. The van der Waals surface area contributed by atoms with Gasteiger partial charge in [-0.05, 0) is 25.0 Å². The molecule has 1 saturated heterocycles. The number of aliphatic carboxylic acids is 1. The molecule has 5 nitrogen and oxygen atoms in total. The molecule has 0 aliphatic carbocycles. The summed E-state index contributed by atoms with van der Waals surface area (Å²) in [7, 11) is -3.47. The van der Waals surface area contributed by atoms with Crippen molar-refractivity contribution in [1.29, 1.82) is 0 Å². The maximum Gasteiger partial charge on any atom is 0.306 e. The van der Waals surface area contributed by atoms with Crippen LogP contribution in [0, 0.1) is 5.92 Å². The fraction of sp³-hybridized carbons (Fsp3) is 0.417. The highest BCUT2D eigenvalue weighted by atomic mass is 32.2. The van der Waals surface area contributed by atoms with Crippen LogP contribution in [0.25, 0.3) is 0 Å². The smallest absolute Gasteiger partial charge is 0.306 e. The van der Waals surface area contributed by atoms with Gasteiger partial charge in [-0.3, -0.25) is 4.79 Å². The minimum atomic E-state index is -3.47. The van der Waals surface area contributed by atoms with E-state index in [-0.39, 0.29) is 18.0 Å². The van der Waals surface area contributed by atoms with Gasteiger partial charge in [-0.25, -0.2) is 8.42 Å². The van der Waals surface area contributed by atoms with Gasteiger partial charge in [0.2, 0.25) is 10.0 Å². The van der Waals surface area contributed by atoms with Crippen LogP contribution in [0.4, 0.5) is 0 Å². The van der Waals surface area contributed by atoms with Gasteiger partial charge >= 0.3 is 5.97 Å². The van der Waals surface area contributed by atoms with Crippen molar-refractivity contribution in [1.82, 2.24) is 4.31 Å². The zero-order valence-electron chi connectivity index (χ0n) is 9.82. The highest BCUT2D eigenvalue weighted by Gasteiger charge is 2.31. The van der Waals surface area contributed by atoms with Crippen molar-refractivity contribution in [2.24, 2.45) is 5.92 Å². The monoisotopic (exact) mass is 269 g/mol. The van der Waals surface area contributed by atoms with Crippen molar-refractivity contribution < 1.29 is 18.3 Å². The average Bonchev–Trinajstić information content (AvgIpc) is 2.40. The predicted molar refractivity (Wildman–Crippen MR) is 65.6 cm³/mol. The molecule has 0 aromatic heterocycles. The Bertz CT molecular complexity index is 518. The normalized spacial score (nSPS) is 18.7. The van der Waals surface area contributed by atoms with E-state index >= 15 is 0 Å². The van der Waals surface area contributed by atoms with Crippen LogP contribution in [-0.4, -0.2) is 36.9 Å². The Kier molecular flexibility index (Phi) is 3.68. The number of carboxylic acids is 1. The van der Waals surface area contributed by atoms with Crippen molar-refractivity contribution in [2.45, 2.75) is 17.7 Å². The summed E-state index contributed by atoms with van der Waals surface area (Å²) in [5.74, 6) is -1.26. The Labute approximate surface area is 106 Å². The lowest BCUT2D eigenvalue weighted by Crippen LogP contribution is -2.40. The van der Waals surface area contributed by atoms with Gasteiger partial charge in [0.15, 0.2) is 0 Å². The number of sulfonamides is 1. The SMILES string of the molecule is O=C(O)C1CCN(S(=O)(=O)c2ccccc2)CC1. The minimum absolute atomic E-state index is 0.263. The molecular weight excluding hydrogens is 254 g/mol. The van der Waals surface area contributed by atoms with Gasteiger partial charge < -0.3 is 5.11 Å². The Balaban J connectivity index is 2.12. The van der Waals surface area contributed by atoms with Gasteiger partial charge in [0.1, 0.15) is 0 Å². The fourth-order valence-corrected chi connectivity index (χ4v) is 3.58. The largest absolute Gasteiger partial charge is 0.481 e. The van der Waals surface area contributed by atoms with Crippen molar-refractivity contribution in [3.05, 3.63) is 30.3 Å². The molecule has 2 rings (SSSR count). The Hall–Kier alpha value is -1.40. The van der Waals surface area contributed by atoms with Gasteiger partial charge in [0, 0.05) is 13.1 Å². The number of nitrogens with zero attached hydrogens (tertiary/aromatic N) is 1. The van der Waals surface area contributed by atoms with E-state index in [2.05, 4.69) is 0 Å². The topological polar surface area (TPSA) is 74.7 Å². The molecule has 1 N–H and O–H groups in total. The van der Waals surface area contributed by atoms with E-state index in [1.54, 1.807) is 30.3 Å². The van der Waals surface area contributed by atoms with Crippen LogP contribution in [-0.2, 0) is 14.8 Å². The van der Waals surface area contributed by atoms with E-state index in [1.807, 2.05) is 0 Å². The summed E-state index contributed by atoms with van der Waals surface area (Å²) in [6.45, 7) is 0.544. The fourth-order valence-electron chi connectivity index (χ4n) is 2.08. The van der Waals surface area contributed by atoms with Crippen molar-refractivity contribution in [3.8, 4) is 0 Å². The summed E-state index contributed by atoms with van der Waals surface area (Å²) in [6.07, 6.45) is 0.753. The third-order valence-corrected chi connectivity index (χ3v) is 5.10. The number of benzene rings is 1. The van der Waals surface area contributed by atoms with Crippen LogP contribution in [0.3, 0.4) is 0 Å². The van der Waals surface area contributed by atoms with E-state index in [9.17, 15) is 13.2 Å². The third-order valence-electron chi connectivity index (χ3n) is 3.18. The van der Waals surface area contributed by atoms with Crippen molar-refractivity contribution in [3.63, 3.8) is 0 Å². The summed E-state index contributed by atoms with van der Waals surface area (Å²) in [5.41, 5.74) is 0. The van der Waals surface area contributed by atoms with Crippen LogP contribution >= 0.6 is 0 Å². The van der Waals surface area contributed by atoms with E-state index in [1.165, 1.54) is 4.31 Å². The maximum atomic E-state index is 12.2. The summed E-state index contributed by atoms with van der Waals surface area (Å²) in [5, 5.41) is 8.88. The molecule has 0 saturated carbocycles. The number of carboxylic acid groups (broad SMARTS) is 1. The molecule has 0 radical (unpaired) electrons. The number of carbonyl (C=O) groups is 1. The van der Waals surface area contributed by atoms with Crippen LogP contribution in [0.1, 0.15) is 12.8 Å². The quantitative estimate of drug-likeness (QED) is 0.894. The van der Waals surface area contributed by atoms with Crippen LogP contribution < -0.4 is 0 Å². The molecule has 1 fully saturated rings. The highest BCUT2D eigenvalue weighted by molar-refractivity contribution is 7.89. The molecule has 1 aromatic carbocycles. The molecule has 0 bridgehead atoms. The summed E-state index contributed by atoms with van der Waals surface area (Å²) < 4.78 is 25.8. The Morgan fingerprint density at radius 3 is 2.22 bits per heavy atom. The standard InChI is InChI=1S/C12H15NO4S/c14-12(15)10-6-8-13(9-7-10)18(16,17)11-4-2-1-3-5-11/h1-5,10H,6-9H2,(H,14,15). The Morgan fingerprint density at radius 1 is 1.17 bits per heavy atom. The first-order chi connectivity index (χ1) is 8.51. The van der Waals surface area contributed by atoms with Crippen LogP contribution in [0.5, 0.6) is 0 Å².